The first-order valence-electron chi connectivity index (χ1n) is 4.57. The molecule has 0 aliphatic heterocycles. The van der Waals surface area contributed by atoms with Gasteiger partial charge in [-0.05, 0) is 12.5 Å². The average Bonchev–Trinajstić information content (AvgIpc) is 2.17. The topological polar surface area (TPSA) is 81.4 Å². The SMILES string of the molecule is C=C(CONC(=O)CC)/C(=C\C)C(N)=O. The Kier molecular flexibility index (Phi) is 6.05. The molecule has 2 amide bonds. The summed E-state index contributed by atoms with van der Waals surface area (Å²) >= 11 is 0. The Morgan fingerprint density at radius 1 is 1.53 bits per heavy atom. The van der Waals surface area contributed by atoms with Crippen LogP contribution in [0.2, 0.25) is 0 Å². The van der Waals surface area contributed by atoms with E-state index >= 15 is 0 Å². The van der Waals surface area contributed by atoms with E-state index in [1.807, 2.05) is 0 Å². The van der Waals surface area contributed by atoms with Crippen molar-refractivity contribution in [1.29, 1.82) is 0 Å². The third-order valence-electron chi connectivity index (χ3n) is 1.69. The molecular formula is C10H16N2O3. The summed E-state index contributed by atoms with van der Waals surface area (Å²) in [6.07, 6.45) is 1.88. The molecule has 15 heavy (non-hydrogen) atoms. The van der Waals surface area contributed by atoms with E-state index in [9.17, 15) is 9.59 Å². The maximum atomic E-state index is 10.9. The predicted octanol–water partition coefficient (Wildman–Crippen LogP) is 0.432. The van der Waals surface area contributed by atoms with E-state index in [1.165, 1.54) is 0 Å². The number of nitrogens with two attached hydrogens (primary N) is 1. The maximum absolute atomic E-state index is 10.9. The van der Waals surface area contributed by atoms with Gasteiger partial charge in [0.15, 0.2) is 0 Å². The Hall–Kier alpha value is -1.62. The van der Waals surface area contributed by atoms with Gasteiger partial charge in [-0.25, -0.2) is 5.48 Å². The minimum absolute atomic E-state index is 0.0361. The molecule has 3 N–H and O–H groups in total. The van der Waals surface area contributed by atoms with Crippen molar-refractivity contribution in [1.82, 2.24) is 5.48 Å². The number of hydroxylamine groups is 1. The molecule has 0 saturated heterocycles. The van der Waals surface area contributed by atoms with E-state index in [2.05, 4.69) is 12.1 Å². The second-order valence-electron chi connectivity index (χ2n) is 2.84. The van der Waals surface area contributed by atoms with Gasteiger partial charge in [-0.1, -0.05) is 19.6 Å². The van der Waals surface area contributed by atoms with Crippen LogP contribution in [0.3, 0.4) is 0 Å². The maximum Gasteiger partial charge on any atom is 0.248 e. The molecule has 0 aliphatic carbocycles. The number of allylic oxidation sites excluding steroid dienone is 1. The third kappa shape index (κ3) is 4.97. The largest absolute Gasteiger partial charge is 0.366 e. The van der Waals surface area contributed by atoms with Gasteiger partial charge in [0.25, 0.3) is 0 Å². The summed E-state index contributed by atoms with van der Waals surface area (Å²) in [5.74, 6) is -0.795. The molecule has 0 bridgehead atoms. The van der Waals surface area contributed by atoms with Gasteiger partial charge in [-0.3, -0.25) is 14.4 Å². The minimum Gasteiger partial charge on any atom is -0.366 e. The van der Waals surface area contributed by atoms with Gasteiger partial charge in [0, 0.05) is 12.0 Å². The number of carbonyl (C=O) groups is 2. The predicted molar refractivity (Wildman–Crippen MR) is 56.5 cm³/mol. The standard InChI is InChI=1S/C10H16N2O3/c1-4-8(10(11)14)7(3)6-15-12-9(13)5-2/h4H,3,5-6H2,1-2H3,(H2,11,14)(H,12,13)/b8-4+. The molecule has 84 valence electrons. The molecule has 0 saturated carbocycles. The molecule has 0 fully saturated rings. The molecule has 0 aromatic heterocycles. The van der Waals surface area contributed by atoms with Crippen molar-refractivity contribution in [3.8, 4) is 0 Å². The van der Waals surface area contributed by atoms with Crippen molar-refractivity contribution >= 4 is 11.8 Å². The van der Waals surface area contributed by atoms with Crippen molar-refractivity contribution in [2.45, 2.75) is 20.3 Å². The summed E-state index contributed by atoms with van der Waals surface area (Å²) in [7, 11) is 0. The van der Waals surface area contributed by atoms with Crippen molar-refractivity contribution in [2.75, 3.05) is 6.61 Å². The Morgan fingerprint density at radius 3 is 2.53 bits per heavy atom. The lowest BCUT2D eigenvalue weighted by atomic mass is 10.1. The Balaban J connectivity index is 4.04. The number of hydrogen-bond donors (Lipinski definition) is 2. The van der Waals surface area contributed by atoms with Gasteiger partial charge >= 0.3 is 0 Å². The lowest BCUT2D eigenvalue weighted by molar-refractivity contribution is -0.132. The van der Waals surface area contributed by atoms with Crippen molar-refractivity contribution in [3.63, 3.8) is 0 Å². The Labute approximate surface area is 88.9 Å². The van der Waals surface area contributed by atoms with E-state index in [0.717, 1.165) is 0 Å². The van der Waals surface area contributed by atoms with Crippen LogP contribution in [-0.4, -0.2) is 18.4 Å². The molecule has 0 spiro atoms. The summed E-state index contributed by atoms with van der Waals surface area (Å²) in [4.78, 5) is 26.5. The zero-order chi connectivity index (χ0) is 11.8. The lowest BCUT2D eigenvalue weighted by Crippen LogP contribution is -2.25. The second-order valence-corrected chi connectivity index (χ2v) is 2.84. The van der Waals surface area contributed by atoms with E-state index in [0.29, 0.717) is 17.6 Å². The van der Waals surface area contributed by atoms with Gasteiger partial charge in [0.1, 0.15) is 0 Å². The normalized spacial score (nSPS) is 10.9. The summed E-state index contributed by atoms with van der Waals surface area (Å²) in [6.45, 7) is 7.04. The average molecular weight is 212 g/mol. The van der Waals surface area contributed by atoms with Gasteiger partial charge in [-0.2, -0.15) is 0 Å². The smallest absolute Gasteiger partial charge is 0.248 e. The molecule has 5 nitrogen and oxygen atoms in total. The molecule has 0 aromatic carbocycles. The van der Waals surface area contributed by atoms with E-state index in [-0.39, 0.29) is 12.5 Å². The first kappa shape index (κ1) is 13.4. The first-order valence-corrected chi connectivity index (χ1v) is 4.57. The summed E-state index contributed by atoms with van der Waals surface area (Å²) in [5, 5.41) is 0. The number of hydrogen-bond acceptors (Lipinski definition) is 3. The number of primary amides is 1. The van der Waals surface area contributed by atoms with E-state index < -0.39 is 5.91 Å². The van der Waals surface area contributed by atoms with Crippen molar-refractivity contribution in [3.05, 3.63) is 23.8 Å². The number of nitrogens with one attached hydrogen (secondary N) is 1. The molecule has 0 aromatic rings. The zero-order valence-electron chi connectivity index (χ0n) is 9.00. The van der Waals surface area contributed by atoms with Gasteiger partial charge < -0.3 is 5.73 Å². The van der Waals surface area contributed by atoms with Crippen molar-refractivity contribution in [2.24, 2.45) is 5.73 Å². The highest BCUT2D eigenvalue weighted by molar-refractivity contribution is 5.96. The van der Waals surface area contributed by atoms with Gasteiger partial charge in [0.2, 0.25) is 11.8 Å². The molecule has 0 heterocycles. The van der Waals surface area contributed by atoms with E-state index in [4.69, 9.17) is 10.6 Å². The molecule has 0 atom stereocenters. The van der Waals surface area contributed by atoms with Crippen LogP contribution in [0.5, 0.6) is 0 Å². The molecule has 0 rings (SSSR count). The third-order valence-corrected chi connectivity index (χ3v) is 1.69. The van der Waals surface area contributed by atoms with Crippen LogP contribution in [0, 0.1) is 0 Å². The van der Waals surface area contributed by atoms with Crippen LogP contribution in [0.25, 0.3) is 0 Å². The second kappa shape index (κ2) is 6.78. The molecule has 5 heteroatoms. The highest BCUT2D eigenvalue weighted by Gasteiger charge is 2.08. The van der Waals surface area contributed by atoms with Crippen LogP contribution >= 0.6 is 0 Å². The number of rotatable bonds is 6. The minimum atomic E-state index is -0.562. The Bertz CT molecular complexity index is 295. The fraction of sp³-hybridized carbons (Fsp3) is 0.400. The molecular weight excluding hydrogens is 196 g/mol. The van der Waals surface area contributed by atoms with Crippen molar-refractivity contribution < 1.29 is 14.4 Å². The van der Waals surface area contributed by atoms with Crippen LogP contribution < -0.4 is 11.2 Å². The number of amides is 2. The lowest BCUT2D eigenvalue weighted by Gasteiger charge is -2.08. The van der Waals surface area contributed by atoms with Gasteiger partial charge in [-0.15, -0.1) is 0 Å². The quantitative estimate of drug-likeness (QED) is 0.380. The molecule has 0 radical (unpaired) electrons. The van der Waals surface area contributed by atoms with Crippen LogP contribution in [0.1, 0.15) is 20.3 Å². The fourth-order valence-electron chi connectivity index (χ4n) is 0.874. The zero-order valence-corrected chi connectivity index (χ0v) is 9.00. The summed E-state index contributed by atoms with van der Waals surface area (Å²) < 4.78 is 0. The molecule has 0 unspecified atom stereocenters. The first-order chi connectivity index (χ1) is 7.02. The number of carbonyl (C=O) groups excluding carboxylic acids is 2. The van der Waals surface area contributed by atoms with Crippen LogP contribution in [-0.2, 0) is 14.4 Å². The van der Waals surface area contributed by atoms with Crippen LogP contribution in [0.15, 0.2) is 23.8 Å². The van der Waals surface area contributed by atoms with Gasteiger partial charge in [0.05, 0.1) is 6.61 Å². The molecule has 0 aliphatic rings. The summed E-state index contributed by atoms with van der Waals surface area (Å²) in [5.41, 5.74) is 8.03. The summed E-state index contributed by atoms with van der Waals surface area (Å²) in [6, 6.07) is 0. The highest BCUT2D eigenvalue weighted by Crippen LogP contribution is 2.06. The van der Waals surface area contributed by atoms with Crippen LogP contribution in [0.4, 0.5) is 0 Å². The Morgan fingerprint density at radius 2 is 2.13 bits per heavy atom. The highest BCUT2D eigenvalue weighted by atomic mass is 16.6. The monoisotopic (exact) mass is 212 g/mol. The fourth-order valence-corrected chi connectivity index (χ4v) is 0.874. The van der Waals surface area contributed by atoms with E-state index in [1.54, 1.807) is 19.9 Å².